The van der Waals surface area contributed by atoms with E-state index in [9.17, 15) is 14.7 Å². The molecular formula is C17H26O4. The van der Waals surface area contributed by atoms with E-state index in [1.165, 1.54) is 12.2 Å². The highest BCUT2D eigenvalue weighted by molar-refractivity contribution is 6.03. The zero-order chi connectivity index (χ0) is 16.0. The van der Waals surface area contributed by atoms with Gasteiger partial charge in [0.15, 0.2) is 5.78 Å². The summed E-state index contributed by atoms with van der Waals surface area (Å²) in [7, 11) is 0. The molecule has 0 saturated heterocycles. The first-order valence-electron chi connectivity index (χ1n) is 7.53. The van der Waals surface area contributed by atoms with Crippen LogP contribution < -0.4 is 0 Å². The molecule has 1 aliphatic heterocycles. The molecule has 1 rings (SSSR count). The Bertz CT molecular complexity index is 446. The topological polar surface area (TPSA) is 63.6 Å². The van der Waals surface area contributed by atoms with Crippen molar-refractivity contribution in [3.63, 3.8) is 0 Å². The number of ether oxygens (including phenoxy) is 1. The molecule has 0 fully saturated rings. The van der Waals surface area contributed by atoms with Crippen LogP contribution in [0, 0.1) is 5.92 Å². The first kappa shape index (κ1) is 17.6. The van der Waals surface area contributed by atoms with Crippen molar-refractivity contribution in [2.24, 2.45) is 5.92 Å². The van der Waals surface area contributed by atoms with Crippen molar-refractivity contribution in [1.82, 2.24) is 0 Å². The lowest BCUT2D eigenvalue weighted by Crippen LogP contribution is -2.26. The number of carbonyl (C=O) groups excluding carboxylic acids is 2. The van der Waals surface area contributed by atoms with Crippen LogP contribution >= 0.6 is 0 Å². The third-order valence-electron chi connectivity index (χ3n) is 4.01. The van der Waals surface area contributed by atoms with Crippen molar-refractivity contribution in [3.8, 4) is 0 Å². The first-order valence-corrected chi connectivity index (χ1v) is 7.53. The number of hydrogen-bond donors (Lipinski definition) is 1. The maximum Gasteiger partial charge on any atom is 0.306 e. The average molecular weight is 294 g/mol. The van der Waals surface area contributed by atoms with Crippen LogP contribution in [-0.2, 0) is 14.3 Å². The minimum Gasteiger partial charge on any atom is -0.462 e. The van der Waals surface area contributed by atoms with Gasteiger partial charge in [0, 0.05) is 6.42 Å². The van der Waals surface area contributed by atoms with Gasteiger partial charge < -0.3 is 9.84 Å². The maximum absolute atomic E-state index is 11.9. The molecule has 118 valence electrons. The fourth-order valence-electron chi connectivity index (χ4n) is 2.11. The fourth-order valence-corrected chi connectivity index (χ4v) is 2.11. The molecule has 0 saturated carbocycles. The Labute approximate surface area is 126 Å². The third kappa shape index (κ3) is 6.25. The number of aliphatic hydroxyl groups is 1. The van der Waals surface area contributed by atoms with Gasteiger partial charge >= 0.3 is 5.97 Å². The molecule has 21 heavy (non-hydrogen) atoms. The van der Waals surface area contributed by atoms with E-state index in [-0.39, 0.29) is 36.6 Å². The molecule has 0 bridgehead atoms. The normalized spacial score (nSPS) is 37.1. The quantitative estimate of drug-likeness (QED) is 0.698. The number of cyclic esters (lactones) is 1. The molecule has 4 heteroatoms. The number of carbonyl (C=O) groups is 2. The minimum atomic E-state index is -1.19. The Morgan fingerprint density at radius 2 is 2.00 bits per heavy atom. The van der Waals surface area contributed by atoms with Gasteiger partial charge in [0.05, 0.1) is 5.60 Å². The van der Waals surface area contributed by atoms with Crippen molar-refractivity contribution in [2.45, 2.75) is 65.1 Å². The molecule has 0 aromatic heterocycles. The van der Waals surface area contributed by atoms with E-state index in [0.717, 1.165) is 12.8 Å². The van der Waals surface area contributed by atoms with Gasteiger partial charge in [0.2, 0.25) is 0 Å². The van der Waals surface area contributed by atoms with Crippen LogP contribution in [0.4, 0.5) is 0 Å². The summed E-state index contributed by atoms with van der Waals surface area (Å²) >= 11 is 0. The van der Waals surface area contributed by atoms with Crippen LogP contribution in [0.5, 0.6) is 0 Å². The van der Waals surface area contributed by atoms with E-state index in [1.54, 1.807) is 13.8 Å². The van der Waals surface area contributed by atoms with E-state index in [4.69, 9.17) is 4.74 Å². The molecule has 0 spiro atoms. The fraction of sp³-hybridized carbons (Fsp3) is 0.647. The van der Waals surface area contributed by atoms with Gasteiger partial charge in [0.25, 0.3) is 0 Å². The summed E-state index contributed by atoms with van der Waals surface area (Å²) in [5.74, 6) is -0.180. The average Bonchev–Trinajstić information content (AvgIpc) is 2.41. The van der Waals surface area contributed by atoms with Crippen molar-refractivity contribution < 1.29 is 19.4 Å². The van der Waals surface area contributed by atoms with Crippen LogP contribution in [0.15, 0.2) is 23.8 Å². The second-order valence-electron chi connectivity index (χ2n) is 6.19. The molecular weight excluding hydrogens is 268 g/mol. The van der Waals surface area contributed by atoms with E-state index >= 15 is 0 Å². The minimum absolute atomic E-state index is 0.101. The van der Waals surface area contributed by atoms with Crippen molar-refractivity contribution >= 4 is 11.8 Å². The van der Waals surface area contributed by atoms with Gasteiger partial charge in [-0.15, -0.1) is 0 Å². The summed E-state index contributed by atoms with van der Waals surface area (Å²) in [6, 6.07) is 0. The SMILES string of the molecule is C/C1=C\CC[C@H](C)[C@@H](C)OC(=O)CC[C@](C)(O)/C=C/C1=O. The van der Waals surface area contributed by atoms with Crippen molar-refractivity contribution in [1.29, 1.82) is 0 Å². The molecule has 0 aromatic rings. The van der Waals surface area contributed by atoms with E-state index in [0.29, 0.717) is 5.57 Å². The number of esters is 1. The maximum atomic E-state index is 11.9. The summed E-state index contributed by atoms with van der Waals surface area (Å²) in [6.45, 7) is 7.28. The molecule has 0 amide bonds. The summed E-state index contributed by atoms with van der Waals surface area (Å²) < 4.78 is 5.39. The Balaban J connectivity index is 2.90. The van der Waals surface area contributed by atoms with E-state index in [1.807, 2.05) is 19.9 Å². The molecule has 3 atom stereocenters. The lowest BCUT2D eigenvalue weighted by atomic mass is 9.96. The number of allylic oxidation sites excluding steroid dienone is 3. The lowest BCUT2D eigenvalue weighted by molar-refractivity contribution is -0.151. The third-order valence-corrected chi connectivity index (χ3v) is 4.01. The molecule has 1 heterocycles. The van der Waals surface area contributed by atoms with Gasteiger partial charge in [-0.2, -0.15) is 0 Å². The Morgan fingerprint density at radius 1 is 1.33 bits per heavy atom. The van der Waals surface area contributed by atoms with Gasteiger partial charge in [-0.1, -0.05) is 13.0 Å². The van der Waals surface area contributed by atoms with Crippen LogP contribution in [-0.4, -0.2) is 28.6 Å². The highest BCUT2D eigenvalue weighted by atomic mass is 16.5. The summed E-state index contributed by atoms with van der Waals surface area (Å²) in [4.78, 5) is 23.7. The Morgan fingerprint density at radius 3 is 2.67 bits per heavy atom. The Kier molecular flexibility index (Phi) is 6.34. The second-order valence-corrected chi connectivity index (χ2v) is 6.19. The van der Waals surface area contributed by atoms with Crippen LogP contribution in [0.25, 0.3) is 0 Å². The van der Waals surface area contributed by atoms with Gasteiger partial charge in [0.1, 0.15) is 6.10 Å². The predicted octanol–water partition coefficient (Wildman–Crippen LogP) is 2.95. The van der Waals surface area contributed by atoms with Gasteiger partial charge in [-0.3, -0.25) is 9.59 Å². The Hall–Kier alpha value is -1.42. The molecule has 0 aromatic carbocycles. The number of hydrogen-bond acceptors (Lipinski definition) is 4. The second kappa shape index (κ2) is 7.55. The molecule has 0 aliphatic carbocycles. The predicted molar refractivity (Wildman–Crippen MR) is 81.7 cm³/mol. The highest BCUT2D eigenvalue weighted by Gasteiger charge is 2.22. The summed E-state index contributed by atoms with van der Waals surface area (Å²) in [5, 5.41) is 10.2. The monoisotopic (exact) mass is 294 g/mol. The van der Waals surface area contributed by atoms with Crippen LogP contribution in [0.1, 0.15) is 53.4 Å². The number of ketones is 1. The van der Waals surface area contributed by atoms with Crippen LogP contribution in [0.2, 0.25) is 0 Å². The van der Waals surface area contributed by atoms with Crippen molar-refractivity contribution in [2.75, 3.05) is 0 Å². The van der Waals surface area contributed by atoms with Gasteiger partial charge in [-0.05, 0) is 63.7 Å². The standard InChI is InChI=1S/C17H26O4/c1-12-6-5-7-13(2)15(18)8-10-17(4,20)11-9-16(19)21-14(12)3/h7-8,10,12,14,20H,5-6,9,11H2,1-4H3/b10-8+,13-7+/t12-,14+,17+/m0/s1. The summed E-state index contributed by atoms with van der Waals surface area (Å²) in [5.41, 5.74) is -0.510. The van der Waals surface area contributed by atoms with E-state index in [2.05, 4.69) is 0 Å². The zero-order valence-electron chi connectivity index (χ0n) is 13.4. The largest absolute Gasteiger partial charge is 0.462 e. The molecule has 1 aliphatic rings. The van der Waals surface area contributed by atoms with Gasteiger partial charge in [-0.25, -0.2) is 0 Å². The zero-order valence-corrected chi connectivity index (χ0v) is 13.4. The van der Waals surface area contributed by atoms with Crippen LogP contribution in [0.3, 0.4) is 0 Å². The molecule has 0 unspecified atom stereocenters. The molecule has 1 N–H and O–H groups in total. The smallest absolute Gasteiger partial charge is 0.306 e. The number of rotatable bonds is 0. The molecule has 0 radical (unpaired) electrons. The summed E-state index contributed by atoms with van der Waals surface area (Å²) in [6.07, 6.45) is 6.58. The molecule has 4 nitrogen and oxygen atoms in total. The van der Waals surface area contributed by atoms with Crippen molar-refractivity contribution in [3.05, 3.63) is 23.8 Å². The highest BCUT2D eigenvalue weighted by Crippen LogP contribution is 2.19. The first-order chi connectivity index (χ1) is 9.71. The lowest BCUT2D eigenvalue weighted by Gasteiger charge is -2.22. The van der Waals surface area contributed by atoms with E-state index < -0.39 is 5.60 Å².